The molecule has 0 saturated heterocycles. The molecule has 0 amide bonds. The molecule has 1 aromatic rings. The highest BCUT2D eigenvalue weighted by molar-refractivity contribution is 5.51. The number of benzene rings is 1. The standard InChI is InChI=1S/C14H20N2O2/c1-2-11-6-8-12(9-7-11)15-13-4-3-5-14(10-13)16(17)18/h3-5,10-12,15H,2,6-9H2,1H3. The summed E-state index contributed by atoms with van der Waals surface area (Å²) < 4.78 is 0. The van der Waals surface area contributed by atoms with Gasteiger partial charge in [-0.2, -0.15) is 0 Å². The molecule has 18 heavy (non-hydrogen) atoms. The second-order valence-electron chi connectivity index (χ2n) is 5.08. The quantitative estimate of drug-likeness (QED) is 0.647. The highest BCUT2D eigenvalue weighted by Gasteiger charge is 2.20. The molecule has 1 aromatic carbocycles. The normalized spacial score (nSPS) is 23.6. The molecule has 0 atom stereocenters. The molecule has 0 aromatic heterocycles. The fourth-order valence-corrected chi connectivity index (χ4v) is 2.66. The SMILES string of the molecule is CCC1CCC(Nc2cccc([N+](=O)[O-])c2)CC1. The number of hydrogen-bond acceptors (Lipinski definition) is 3. The third-order valence-electron chi connectivity index (χ3n) is 3.85. The Balaban J connectivity index is 1.94. The van der Waals surface area contributed by atoms with Gasteiger partial charge in [0.15, 0.2) is 0 Å². The summed E-state index contributed by atoms with van der Waals surface area (Å²) in [5.74, 6) is 0.869. The molecule has 98 valence electrons. The van der Waals surface area contributed by atoms with Gasteiger partial charge in [-0.05, 0) is 37.7 Å². The first-order valence-corrected chi connectivity index (χ1v) is 6.70. The number of nitrogens with zero attached hydrogens (tertiary/aromatic N) is 1. The third-order valence-corrected chi connectivity index (χ3v) is 3.85. The van der Waals surface area contributed by atoms with Crippen molar-refractivity contribution in [1.82, 2.24) is 0 Å². The van der Waals surface area contributed by atoms with E-state index in [9.17, 15) is 10.1 Å². The van der Waals surface area contributed by atoms with Crippen LogP contribution in [-0.2, 0) is 0 Å². The summed E-state index contributed by atoms with van der Waals surface area (Å²) in [5, 5.41) is 14.1. The van der Waals surface area contributed by atoms with Gasteiger partial charge in [0.05, 0.1) is 4.92 Å². The highest BCUT2D eigenvalue weighted by Crippen LogP contribution is 2.29. The van der Waals surface area contributed by atoms with E-state index in [1.54, 1.807) is 12.1 Å². The van der Waals surface area contributed by atoms with E-state index >= 15 is 0 Å². The molecule has 1 N–H and O–H groups in total. The first-order chi connectivity index (χ1) is 8.69. The van der Waals surface area contributed by atoms with Crippen LogP contribution in [0.3, 0.4) is 0 Å². The zero-order valence-electron chi connectivity index (χ0n) is 10.8. The summed E-state index contributed by atoms with van der Waals surface area (Å²) >= 11 is 0. The van der Waals surface area contributed by atoms with Crippen molar-refractivity contribution in [2.45, 2.75) is 45.1 Å². The van der Waals surface area contributed by atoms with Crippen LogP contribution in [0.5, 0.6) is 0 Å². The van der Waals surface area contributed by atoms with Crippen LogP contribution in [0.2, 0.25) is 0 Å². The number of nitro groups is 1. The van der Waals surface area contributed by atoms with Gasteiger partial charge in [-0.25, -0.2) is 0 Å². The summed E-state index contributed by atoms with van der Waals surface area (Å²) in [7, 11) is 0. The van der Waals surface area contributed by atoms with E-state index in [1.165, 1.54) is 38.2 Å². The number of rotatable bonds is 4. The van der Waals surface area contributed by atoms with E-state index < -0.39 is 0 Å². The van der Waals surface area contributed by atoms with E-state index in [0.29, 0.717) is 6.04 Å². The first kappa shape index (κ1) is 12.9. The summed E-state index contributed by atoms with van der Waals surface area (Å²) in [6, 6.07) is 7.25. The molecule has 1 saturated carbocycles. The molecule has 0 heterocycles. The second kappa shape index (κ2) is 5.85. The van der Waals surface area contributed by atoms with E-state index in [1.807, 2.05) is 6.07 Å². The van der Waals surface area contributed by atoms with E-state index in [0.717, 1.165) is 11.6 Å². The fourth-order valence-electron chi connectivity index (χ4n) is 2.66. The number of anilines is 1. The molecule has 2 rings (SSSR count). The van der Waals surface area contributed by atoms with Crippen LogP contribution >= 0.6 is 0 Å². The Kier molecular flexibility index (Phi) is 4.18. The van der Waals surface area contributed by atoms with E-state index in [4.69, 9.17) is 0 Å². The average Bonchev–Trinajstić information content (AvgIpc) is 2.40. The lowest BCUT2D eigenvalue weighted by Gasteiger charge is -2.29. The zero-order valence-corrected chi connectivity index (χ0v) is 10.8. The van der Waals surface area contributed by atoms with Crippen molar-refractivity contribution in [3.05, 3.63) is 34.4 Å². The van der Waals surface area contributed by atoms with Crippen LogP contribution in [-0.4, -0.2) is 11.0 Å². The van der Waals surface area contributed by atoms with Gasteiger partial charge in [0, 0.05) is 23.9 Å². The smallest absolute Gasteiger partial charge is 0.271 e. The fraction of sp³-hybridized carbons (Fsp3) is 0.571. The maximum absolute atomic E-state index is 10.7. The molecule has 0 radical (unpaired) electrons. The molecule has 0 aliphatic heterocycles. The average molecular weight is 248 g/mol. The number of hydrogen-bond donors (Lipinski definition) is 1. The molecule has 0 unspecified atom stereocenters. The Morgan fingerprint density at radius 2 is 2.06 bits per heavy atom. The molecule has 1 aliphatic rings. The molecule has 0 bridgehead atoms. The Morgan fingerprint density at radius 1 is 1.33 bits per heavy atom. The topological polar surface area (TPSA) is 55.2 Å². The van der Waals surface area contributed by atoms with Crippen molar-refractivity contribution >= 4 is 11.4 Å². The van der Waals surface area contributed by atoms with Crippen LogP contribution in [0.25, 0.3) is 0 Å². The zero-order chi connectivity index (χ0) is 13.0. The minimum absolute atomic E-state index is 0.155. The summed E-state index contributed by atoms with van der Waals surface area (Å²) in [6.45, 7) is 2.25. The monoisotopic (exact) mass is 248 g/mol. The predicted molar refractivity (Wildman–Crippen MR) is 72.8 cm³/mol. The summed E-state index contributed by atoms with van der Waals surface area (Å²) in [6.07, 6.45) is 6.14. The lowest BCUT2D eigenvalue weighted by atomic mass is 9.84. The van der Waals surface area contributed by atoms with Gasteiger partial charge in [-0.1, -0.05) is 19.4 Å². The van der Waals surface area contributed by atoms with Crippen LogP contribution in [0.4, 0.5) is 11.4 Å². The Hall–Kier alpha value is -1.58. The number of nitrogens with one attached hydrogen (secondary N) is 1. The van der Waals surface area contributed by atoms with Gasteiger partial charge in [-0.15, -0.1) is 0 Å². The van der Waals surface area contributed by atoms with Gasteiger partial charge >= 0.3 is 0 Å². The minimum atomic E-state index is -0.348. The van der Waals surface area contributed by atoms with Crippen molar-refractivity contribution in [2.75, 3.05) is 5.32 Å². The van der Waals surface area contributed by atoms with Gasteiger partial charge in [-0.3, -0.25) is 10.1 Å². The second-order valence-corrected chi connectivity index (χ2v) is 5.08. The van der Waals surface area contributed by atoms with Gasteiger partial charge in [0.25, 0.3) is 5.69 Å². The molecule has 4 heteroatoms. The highest BCUT2D eigenvalue weighted by atomic mass is 16.6. The molecule has 4 nitrogen and oxygen atoms in total. The van der Waals surface area contributed by atoms with Gasteiger partial charge in [0.2, 0.25) is 0 Å². The Labute approximate surface area is 108 Å². The number of nitro benzene ring substituents is 1. The Bertz CT molecular complexity index is 412. The van der Waals surface area contributed by atoms with Crippen molar-refractivity contribution in [1.29, 1.82) is 0 Å². The summed E-state index contributed by atoms with van der Waals surface area (Å²) in [4.78, 5) is 10.4. The Morgan fingerprint density at radius 3 is 2.67 bits per heavy atom. The first-order valence-electron chi connectivity index (χ1n) is 6.70. The van der Waals surface area contributed by atoms with Crippen LogP contribution in [0.15, 0.2) is 24.3 Å². The van der Waals surface area contributed by atoms with Crippen LogP contribution in [0.1, 0.15) is 39.0 Å². The molecule has 0 spiro atoms. The van der Waals surface area contributed by atoms with Crippen molar-refractivity contribution in [3.8, 4) is 0 Å². The van der Waals surface area contributed by atoms with Crippen LogP contribution in [0, 0.1) is 16.0 Å². The minimum Gasteiger partial charge on any atom is -0.382 e. The van der Waals surface area contributed by atoms with E-state index in [-0.39, 0.29) is 10.6 Å². The molecular formula is C14H20N2O2. The third kappa shape index (κ3) is 3.22. The van der Waals surface area contributed by atoms with Gasteiger partial charge < -0.3 is 5.32 Å². The maximum Gasteiger partial charge on any atom is 0.271 e. The van der Waals surface area contributed by atoms with Crippen molar-refractivity contribution in [3.63, 3.8) is 0 Å². The van der Waals surface area contributed by atoms with Gasteiger partial charge in [0.1, 0.15) is 0 Å². The van der Waals surface area contributed by atoms with E-state index in [2.05, 4.69) is 12.2 Å². The largest absolute Gasteiger partial charge is 0.382 e. The number of non-ortho nitro benzene ring substituents is 1. The molecular weight excluding hydrogens is 228 g/mol. The van der Waals surface area contributed by atoms with Crippen LogP contribution < -0.4 is 5.32 Å². The summed E-state index contributed by atoms with van der Waals surface area (Å²) in [5.41, 5.74) is 1.02. The predicted octanol–water partition coefficient (Wildman–Crippen LogP) is 3.98. The maximum atomic E-state index is 10.7. The van der Waals surface area contributed by atoms with Crippen molar-refractivity contribution in [2.24, 2.45) is 5.92 Å². The lowest BCUT2D eigenvalue weighted by Crippen LogP contribution is -2.25. The molecule has 1 fully saturated rings. The van der Waals surface area contributed by atoms with Crippen molar-refractivity contribution < 1.29 is 4.92 Å². The molecule has 1 aliphatic carbocycles. The lowest BCUT2D eigenvalue weighted by molar-refractivity contribution is -0.384.